The highest BCUT2D eigenvalue weighted by molar-refractivity contribution is 6.36. The summed E-state index contributed by atoms with van der Waals surface area (Å²) in [6.07, 6.45) is 6.08. The minimum atomic E-state index is -0.966. The van der Waals surface area contributed by atoms with Gasteiger partial charge in [0.2, 0.25) is 0 Å². The molecule has 11 heteroatoms. The predicted molar refractivity (Wildman–Crippen MR) is 158 cm³/mol. The van der Waals surface area contributed by atoms with Crippen LogP contribution in [0.2, 0.25) is 5.02 Å². The van der Waals surface area contributed by atoms with Crippen LogP contribution < -0.4 is 9.64 Å². The second-order valence-electron chi connectivity index (χ2n) is 11.3. The van der Waals surface area contributed by atoms with Crippen LogP contribution in [0.25, 0.3) is 32.8 Å². The van der Waals surface area contributed by atoms with Gasteiger partial charge in [-0.05, 0) is 51.1 Å². The molecule has 0 bridgehead atoms. The van der Waals surface area contributed by atoms with Crippen LogP contribution in [0.1, 0.15) is 19.3 Å². The van der Waals surface area contributed by atoms with Gasteiger partial charge in [0.15, 0.2) is 5.83 Å². The summed E-state index contributed by atoms with van der Waals surface area (Å²) in [5.41, 5.74) is 1.40. The number of likely N-dealkylation sites (tertiary alicyclic amines) is 2. The number of amides is 1. The molecule has 3 atom stereocenters. The van der Waals surface area contributed by atoms with Crippen molar-refractivity contribution in [3.05, 3.63) is 66.0 Å². The molecule has 0 N–H and O–H groups in total. The molecule has 0 spiro atoms. The van der Waals surface area contributed by atoms with E-state index in [1.165, 1.54) is 11.0 Å². The van der Waals surface area contributed by atoms with Gasteiger partial charge in [0, 0.05) is 63.8 Å². The van der Waals surface area contributed by atoms with Gasteiger partial charge in [0.05, 0.1) is 17.6 Å². The third kappa shape index (κ3) is 4.44. The number of benzene rings is 2. The number of nitrogens with zero attached hydrogens (tertiary/aromatic N) is 6. The number of ether oxygens (including phenoxy) is 1. The van der Waals surface area contributed by atoms with E-state index < -0.39 is 17.6 Å². The molecule has 2 aromatic heterocycles. The summed E-state index contributed by atoms with van der Waals surface area (Å²) < 4.78 is 35.8. The monoisotopic (exact) mass is 590 g/mol. The Bertz CT molecular complexity index is 1750. The first-order valence-corrected chi connectivity index (χ1v) is 14.5. The fourth-order valence-corrected chi connectivity index (χ4v) is 6.91. The van der Waals surface area contributed by atoms with E-state index in [0.29, 0.717) is 64.4 Å². The lowest BCUT2D eigenvalue weighted by Gasteiger charge is -2.47. The molecule has 0 radical (unpaired) electrons. The van der Waals surface area contributed by atoms with Crippen molar-refractivity contribution in [2.75, 3.05) is 38.2 Å². The summed E-state index contributed by atoms with van der Waals surface area (Å²) in [4.78, 5) is 32.0. The SMILES string of the molecule is C=C(F)C(=O)N1CC[C@@H]2[C@H]1CN2c1nc(OC[C@@H]2CCCN2C)nc2cc(-c3cncc4cccc(Cl)c34)c(F)cc12. The Morgan fingerprint density at radius 1 is 1.14 bits per heavy atom. The Morgan fingerprint density at radius 3 is 2.79 bits per heavy atom. The van der Waals surface area contributed by atoms with Crippen LogP contribution in [0.3, 0.4) is 0 Å². The quantitative estimate of drug-likeness (QED) is 0.279. The third-order valence-corrected chi connectivity index (χ3v) is 9.22. The molecule has 0 saturated carbocycles. The number of aromatic nitrogens is 3. The Labute approximate surface area is 246 Å². The Kier molecular flexibility index (Phi) is 6.70. The Hall–Kier alpha value is -3.89. The number of halogens is 3. The van der Waals surface area contributed by atoms with Gasteiger partial charge in [0.25, 0.3) is 5.91 Å². The van der Waals surface area contributed by atoms with E-state index in [2.05, 4.69) is 23.5 Å². The molecule has 3 saturated heterocycles. The highest BCUT2D eigenvalue weighted by atomic mass is 35.5. The van der Waals surface area contributed by atoms with E-state index >= 15 is 4.39 Å². The highest BCUT2D eigenvalue weighted by Crippen LogP contribution is 2.42. The standard InChI is InChI=1S/C31H29ClF2N6O2/c1-17(33)30(41)39-10-8-26-27(39)15-40(26)29-21-11-24(34)20(22-14-35-13-18-5-3-7-23(32)28(18)22)12-25(21)36-31(37-29)42-16-19-6-4-9-38(19)2/h3,5,7,11-14,19,26-27H,1,4,6,8-10,15-16H2,2H3/t19-,26+,27+/m0/s1. The molecule has 5 heterocycles. The first-order chi connectivity index (χ1) is 20.3. The fourth-order valence-electron chi connectivity index (χ4n) is 6.63. The van der Waals surface area contributed by atoms with Crippen LogP contribution in [0.4, 0.5) is 14.6 Å². The van der Waals surface area contributed by atoms with Crippen molar-refractivity contribution in [1.82, 2.24) is 24.8 Å². The summed E-state index contributed by atoms with van der Waals surface area (Å²) in [5.74, 6) is -1.58. The highest BCUT2D eigenvalue weighted by Gasteiger charge is 2.50. The van der Waals surface area contributed by atoms with Crippen LogP contribution in [0.5, 0.6) is 6.01 Å². The number of hydrogen-bond donors (Lipinski definition) is 0. The summed E-state index contributed by atoms with van der Waals surface area (Å²) in [5, 5.41) is 2.54. The summed E-state index contributed by atoms with van der Waals surface area (Å²) in [7, 11) is 2.07. The average molecular weight is 591 g/mol. The molecule has 4 aromatic rings. The number of carbonyl (C=O) groups is 1. The zero-order valence-electron chi connectivity index (χ0n) is 23.1. The molecular formula is C31H29ClF2N6O2. The van der Waals surface area contributed by atoms with Gasteiger partial charge in [-0.25, -0.2) is 8.78 Å². The summed E-state index contributed by atoms with van der Waals surface area (Å²) >= 11 is 6.56. The van der Waals surface area contributed by atoms with Gasteiger partial charge < -0.3 is 19.4 Å². The van der Waals surface area contributed by atoms with Gasteiger partial charge in [-0.1, -0.05) is 30.3 Å². The van der Waals surface area contributed by atoms with E-state index in [0.717, 1.165) is 24.8 Å². The van der Waals surface area contributed by atoms with Crippen LogP contribution in [0, 0.1) is 5.82 Å². The molecule has 7 rings (SSSR count). The van der Waals surface area contributed by atoms with Crippen molar-refractivity contribution in [3.63, 3.8) is 0 Å². The molecule has 0 unspecified atom stereocenters. The van der Waals surface area contributed by atoms with Gasteiger partial charge in [-0.15, -0.1) is 0 Å². The second kappa shape index (κ2) is 10.4. The zero-order chi connectivity index (χ0) is 29.1. The normalized spacial score (nSPS) is 22.0. The Balaban J connectivity index is 1.31. The molecule has 2 aromatic carbocycles. The van der Waals surface area contributed by atoms with Crippen LogP contribution in [0.15, 0.2) is 55.1 Å². The van der Waals surface area contributed by atoms with Crippen LogP contribution in [-0.4, -0.2) is 82.1 Å². The van der Waals surface area contributed by atoms with E-state index in [9.17, 15) is 9.18 Å². The fraction of sp³-hybridized carbons (Fsp3) is 0.355. The van der Waals surface area contributed by atoms with Crippen molar-refractivity contribution in [1.29, 1.82) is 0 Å². The van der Waals surface area contributed by atoms with Crippen molar-refractivity contribution < 1.29 is 18.3 Å². The van der Waals surface area contributed by atoms with E-state index in [4.69, 9.17) is 26.3 Å². The summed E-state index contributed by atoms with van der Waals surface area (Å²) in [6, 6.07) is 8.84. The second-order valence-corrected chi connectivity index (χ2v) is 11.7. The molecular weight excluding hydrogens is 562 g/mol. The van der Waals surface area contributed by atoms with Crippen molar-refractivity contribution in [2.45, 2.75) is 37.4 Å². The number of pyridine rings is 1. The maximum Gasteiger partial charge on any atom is 0.319 e. The number of hydrogen-bond acceptors (Lipinski definition) is 7. The molecule has 0 aliphatic carbocycles. The van der Waals surface area contributed by atoms with E-state index in [-0.39, 0.29) is 24.1 Å². The van der Waals surface area contributed by atoms with Gasteiger partial charge >= 0.3 is 6.01 Å². The minimum absolute atomic E-state index is 0.0796. The topological polar surface area (TPSA) is 74.7 Å². The largest absolute Gasteiger partial charge is 0.462 e. The van der Waals surface area contributed by atoms with Crippen molar-refractivity contribution in [2.24, 2.45) is 0 Å². The zero-order valence-corrected chi connectivity index (χ0v) is 23.8. The lowest BCUT2D eigenvalue weighted by atomic mass is 9.95. The lowest BCUT2D eigenvalue weighted by molar-refractivity contribution is -0.130. The molecule has 216 valence electrons. The minimum Gasteiger partial charge on any atom is -0.462 e. The number of anilines is 1. The number of likely N-dealkylation sites (N-methyl/N-ethyl adjacent to an activating group) is 1. The van der Waals surface area contributed by atoms with Crippen LogP contribution >= 0.6 is 11.6 Å². The Morgan fingerprint density at radius 2 is 2.00 bits per heavy atom. The van der Waals surface area contributed by atoms with Gasteiger partial charge in [0.1, 0.15) is 18.2 Å². The molecule has 42 heavy (non-hydrogen) atoms. The van der Waals surface area contributed by atoms with Crippen LogP contribution in [-0.2, 0) is 4.79 Å². The average Bonchev–Trinajstić information content (AvgIpc) is 3.53. The molecule has 1 amide bonds. The number of carbonyl (C=O) groups excluding carboxylic acids is 1. The third-order valence-electron chi connectivity index (χ3n) is 8.90. The first-order valence-electron chi connectivity index (χ1n) is 14.1. The lowest BCUT2D eigenvalue weighted by Crippen LogP contribution is -2.63. The maximum absolute atomic E-state index is 16.0. The molecule has 3 aliphatic heterocycles. The number of fused-ring (bicyclic) bond motifs is 3. The predicted octanol–water partition coefficient (Wildman–Crippen LogP) is 5.38. The van der Waals surface area contributed by atoms with Crippen molar-refractivity contribution in [3.8, 4) is 17.1 Å². The first kappa shape index (κ1) is 27.0. The van der Waals surface area contributed by atoms with E-state index in [1.807, 2.05) is 17.0 Å². The van der Waals surface area contributed by atoms with Gasteiger partial charge in [-0.2, -0.15) is 9.97 Å². The van der Waals surface area contributed by atoms with E-state index in [1.54, 1.807) is 24.5 Å². The molecule has 3 aliphatic rings. The summed E-state index contributed by atoms with van der Waals surface area (Å²) in [6.45, 7) is 5.48. The smallest absolute Gasteiger partial charge is 0.319 e. The maximum atomic E-state index is 16.0. The van der Waals surface area contributed by atoms with Gasteiger partial charge in [-0.3, -0.25) is 9.78 Å². The molecule has 8 nitrogen and oxygen atoms in total. The van der Waals surface area contributed by atoms with Crippen molar-refractivity contribution >= 4 is 45.0 Å². The number of rotatable bonds is 6. The molecule has 3 fully saturated rings.